The van der Waals surface area contributed by atoms with Crippen molar-refractivity contribution in [1.82, 2.24) is 4.90 Å². The zero-order valence-corrected chi connectivity index (χ0v) is 12.0. The third-order valence-corrected chi connectivity index (χ3v) is 5.40. The van der Waals surface area contributed by atoms with Crippen molar-refractivity contribution in [3.05, 3.63) is 0 Å². The summed E-state index contributed by atoms with van der Waals surface area (Å²) in [4.78, 5) is 13.4. The van der Waals surface area contributed by atoms with Gasteiger partial charge in [-0.15, -0.1) is 0 Å². The van der Waals surface area contributed by atoms with E-state index in [-0.39, 0.29) is 5.97 Å². The lowest BCUT2D eigenvalue weighted by Crippen LogP contribution is -2.53. The minimum atomic E-state index is -3.17. The van der Waals surface area contributed by atoms with Crippen LogP contribution in [0.5, 0.6) is 0 Å². The predicted molar refractivity (Wildman–Crippen MR) is 68.8 cm³/mol. The first kappa shape index (κ1) is 14.8. The van der Waals surface area contributed by atoms with E-state index in [0.29, 0.717) is 18.9 Å². The second kappa shape index (κ2) is 6.06. The van der Waals surface area contributed by atoms with Crippen molar-refractivity contribution in [2.24, 2.45) is 0 Å². The van der Waals surface area contributed by atoms with Crippen LogP contribution in [-0.2, 0) is 19.4 Å². The highest BCUT2D eigenvalue weighted by Crippen LogP contribution is 2.22. The highest BCUT2D eigenvalue weighted by molar-refractivity contribution is 8.00. The molecule has 1 fully saturated rings. The summed E-state index contributed by atoms with van der Waals surface area (Å²) >= 11 is 1.60. The van der Waals surface area contributed by atoms with E-state index < -0.39 is 21.3 Å². The normalized spacial score (nSPS) is 24.3. The maximum absolute atomic E-state index is 11.7. The molecule has 1 aliphatic rings. The molecule has 2 unspecified atom stereocenters. The molecule has 0 bridgehead atoms. The van der Waals surface area contributed by atoms with E-state index in [1.54, 1.807) is 30.5 Å². The molecule has 1 heterocycles. The number of esters is 1. The molecule has 0 spiro atoms. The van der Waals surface area contributed by atoms with Gasteiger partial charge in [0.1, 0.15) is 11.4 Å². The highest BCUT2D eigenvalue weighted by Gasteiger charge is 2.36. The Labute approximate surface area is 107 Å². The molecule has 7 heteroatoms. The maximum atomic E-state index is 11.7. The average Bonchev–Trinajstić information content (AvgIpc) is 2.27. The van der Waals surface area contributed by atoms with Gasteiger partial charge in [0.05, 0.1) is 6.61 Å². The van der Waals surface area contributed by atoms with Crippen LogP contribution in [0.3, 0.4) is 0 Å². The fourth-order valence-corrected chi connectivity index (χ4v) is 4.76. The number of nitrogens with zero attached hydrogens (tertiary/aromatic N) is 1. The summed E-state index contributed by atoms with van der Waals surface area (Å²) in [6.45, 7) is 4.36. The van der Waals surface area contributed by atoms with Gasteiger partial charge in [-0.2, -0.15) is 11.8 Å². The van der Waals surface area contributed by atoms with Crippen LogP contribution < -0.4 is 0 Å². The largest absolute Gasteiger partial charge is 0.465 e. The van der Waals surface area contributed by atoms with Crippen molar-refractivity contribution in [3.63, 3.8) is 0 Å². The molecule has 0 aromatic carbocycles. The number of sulfone groups is 1. The van der Waals surface area contributed by atoms with Crippen molar-refractivity contribution in [3.8, 4) is 0 Å². The van der Waals surface area contributed by atoms with Gasteiger partial charge in [-0.05, 0) is 13.8 Å². The van der Waals surface area contributed by atoms with E-state index in [0.717, 1.165) is 5.75 Å². The molecule has 100 valence electrons. The van der Waals surface area contributed by atoms with Gasteiger partial charge >= 0.3 is 5.97 Å². The summed E-state index contributed by atoms with van der Waals surface area (Å²) in [5.74, 6) is 1.01. The van der Waals surface area contributed by atoms with E-state index in [4.69, 9.17) is 4.74 Å². The Hall–Kier alpha value is -0.270. The standard InChI is InChI=1S/C10H19NO4S2/c1-4-15-10(12)8(2)11-5-6-16-7-9(11)17(3,13)14/h8-9H,4-7H2,1-3H3. The first-order chi connectivity index (χ1) is 7.88. The predicted octanol–water partition coefficient (Wildman–Crippen LogP) is 0.358. The third-order valence-electron chi connectivity index (χ3n) is 2.74. The van der Waals surface area contributed by atoms with E-state index in [1.165, 1.54) is 6.26 Å². The van der Waals surface area contributed by atoms with Crippen LogP contribution >= 0.6 is 11.8 Å². The van der Waals surface area contributed by atoms with Crippen LogP contribution in [0.15, 0.2) is 0 Å². The van der Waals surface area contributed by atoms with Gasteiger partial charge in [0.15, 0.2) is 9.84 Å². The van der Waals surface area contributed by atoms with Crippen LogP contribution in [0.2, 0.25) is 0 Å². The monoisotopic (exact) mass is 281 g/mol. The second-order valence-corrected chi connectivity index (χ2v) is 7.38. The molecule has 0 N–H and O–H groups in total. The van der Waals surface area contributed by atoms with Crippen molar-refractivity contribution in [2.45, 2.75) is 25.3 Å². The molecular formula is C10H19NO4S2. The second-order valence-electron chi connectivity index (χ2n) is 4.02. The minimum Gasteiger partial charge on any atom is -0.465 e. The van der Waals surface area contributed by atoms with Crippen LogP contribution in [-0.4, -0.2) is 61.6 Å². The van der Waals surface area contributed by atoms with Crippen molar-refractivity contribution >= 4 is 27.6 Å². The number of thioether (sulfide) groups is 1. The Balaban J connectivity index is 2.81. The summed E-state index contributed by atoms with van der Waals surface area (Å²) in [5.41, 5.74) is 0. The molecule has 0 amide bonds. The SMILES string of the molecule is CCOC(=O)C(C)N1CCSCC1S(C)(=O)=O. The Morgan fingerprint density at radius 1 is 1.59 bits per heavy atom. The van der Waals surface area contributed by atoms with Crippen LogP contribution in [0.1, 0.15) is 13.8 Å². The summed E-state index contributed by atoms with van der Waals surface area (Å²) in [6, 6.07) is -0.504. The zero-order valence-electron chi connectivity index (χ0n) is 10.4. The first-order valence-electron chi connectivity index (χ1n) is 5.57. The number of carbonyl (C=O) groups excluding carboxylic acids is 1. The number of hydrogen-bond acceptors (Lipinski definition) is 6. The lowest BCUT2D eigenvalue weighted by atomic mass is 10.3. The van der Waals surface area contributed by atoms with Gasteiger partial charge < -0.3 is 4.74 Å². The van der Waals surface area contributed by atoms with Crippen LogP contribution in [0.4, 0.5) is 0 Å². The topological polar surface area (TPSA) is 63.7 Å². The van der Waals surface area contributed by atoms with Gasteiger partial charge in [-0.25, -0.2) is 8.42 Å². The molecule has 5 nitrogen and oxygen atoms in total. The Morgan fingerprint density at radius 3 is 2.76 bits per heavy atom. The summed E-state index contributed by atoms with van der Waals surface area (Å²) in [6.07, 6.45) is 1.22. The summed E-state index contributed by atoms with van der Waals surface area (Å²) in [7, 11) is -3.17. The van der Waals surface area contributed by atoms with E-state index in [1.807, 2.05) is 0 Å². The third kappa shape index (κ3) is 3.86. The average molecular weight is 281 g/mol. The van der Waals surface area contributed by atoms with Crippen molar-refractivity contribution in [2.75, 3.05) is 30.9 Å². The molecule has 1 saturated heterocycles. The fraction of sp³-hybridized carbons (Fsp3) is 0.900. The molecule has 2 atom stereocenters. The quantitative estimate of drug-likeness (QED) is 0.693. The van der Waals surface area contributed by atoms with E-state index in [9.17, 15) is 13.2 Å². The molecule has 1 rings (SSSR count). The van der Waals surface area contributed by atoms with Crippen molar-refractivity contribution in [1.29, 1.82) is 0 Å². The molecule has 1 aliphatic heterocycles. The Bertz CT molecular complexity index is 369. The number of hydrogen-bond donors (Lipinski definition) is 0. The number of ether oxygens (including phenoxy) is 1. The smallest absolute Gasteiger partial charge is 0.323 e. The molecular weight excluding hydrogens is 262 g/mol. The highest BCUT2D eigenvalue weighted by atomic mass is 32.2. The molecule has 17 heavy (non-hydrogen) atoms. The molecule has 0 aromatic rings. The summed E-state index contributed by atoms with van der Waals surface area (Å²) < 4.78 is 28.3. The first-order valence-corrected chi connectivity index (χ1v) is 8.67. The number of rotatable bonds is 4. The lowest BCUT2D eigenvalue weighted by molar-refractivity contribution is -0.149. The Morgan fingerprint density at radius 2 is 2.24 bits per heavy atom. The zero-order chi connectivity index (χ0) is 13.1. The molecule has 0 aromatic heterocycles. The Kier molecular flexibility index (Phi) is 5.27. The minimum absolute atomic E-state index is 0.315. The van der Waals surface area contributed by atoms with Crippen LogP contribution in [0, 0.1) is 0 Å². The van der Waals surface area contributed by atoms with Gasteiger partial charge in [-0.1, -0.05) is 0 Å². The van der Waals surface area contributed by atoms with E-state index in [2.05, 4.69) is 0 Å². The van der Waals surface area contributed by atoms with E-state index >= 15 is 0 Å². The molecule has 0 saturated carbocycles. The van der Waals surface area contributed by atoms with Crippen molar-refractivity contribution < 1.29 is 17.9 Å². The van der Waals surface area contributed by atoms with Gasteiger partial charge in [-0.3, -0.25) is 9.69 Å². The molecule has 0 radical (unpaired) electrons. The van der Waals surface area contributed by atoms with Crippen LogP contribution in [0.25, 0.3) is 0 Å². The summed E-state index contributed by atoms with van der Waals surface area (Å²) in [5, 5.41) is -0.583. The van der Waals surface area contributed by atoms with Gasteiger partial charge in [0.25, 0.3) is 0 Å². The lowest BCUT2D eigenvalue weighted by Gasteiger charge is -2.36. The number of carbonyl (C=O) groups is 1. The van der Waals surface area contributed by atoms with Gasteiger partial charge in [0, 0.05) is 24.3 Å². The molecule has 0 aliphatic carbocycles. The fourth-order valence-electron chi connectivity index (χ4n) is 1.80. The van der Waals surface area contributed by atoms with Gasteiger partial charge in [0.2, 0.25) is 0 Å². The maximum Gasteiger partial charge on any atom is 0.323 e.